The summed E-state index contributed by atoms with van der Waals surface area (Å²) in [7, 11) is 1.13. The van der Waals surface area contributed by atoms with Crippen LogP contribution in [-0.4, -0.2) is 18.2 Å². The molecule has 3 nitrogen and oxygen atoms in total. The zero-order chi connectivity index (χ0) is 10.0. The lowest BCUT2D eigenvalue weighted by molar-refractivity contribution is 0.0695. The molecule has 0 atom stereocenters. The lowest BCUT2D eigenvalue weighted by atomic mass is 10.2. The highest BCUT2D eigenvalue weighted by atomic mass is 19.2. The topological polar surface area (TPSA) is 46.5 Å². The molecule has 0 unspecified atom stereocenters. The fraction of sp³-hybridized carbons (Fsp3) is 0.125. The molecule has 1 aromatic carbocycles. The molecule has 70 valence electrons. The van der Waals surface area contributed by atoms with Crippen LogP contribution in [0.15, 0.2) is 12.1 Å². The number of hydrogen-bond donors (Lipinski definition) is 1. The number of aromatic carboxylic acids is 1. The molecule has 13 heavy (non-hydrogen) atoms. The van der Waals surface area contributed by atoms with Crippen LogP contribution < -0.4 is 4.74 Å². The van der Waals surface area contributed by atoms with Gasteiger partial charge >= 0.3 is 5.97 Å². The van der Waals surface area contributed by atoms with Crippen molar-refractivity contribution in [2.45, 2.75) is 0 Å². The van der Waals surface area contributed by atoms with Crippen molar-refractivity contribution < 1.29 is 23.4 Å². The highest BCUT2D eigenvalue weighted by Crippen LogP contribution is 2.21. The van der Waals surface area contributed by atoms with Gasteiger partial charge in [0.1, 0.15) is 0 Å². The predicted octanol–water partition coefficient (Wildman–Crippen LogP) is 1.67. The standard InChI is InChI=1S/C8H6F2O3/c1-13-6-3-4(8(11)12)2-5(9)7(6)10/h2-3H,1H3,(H,11,12). The van der Waals surface area contributed by atoms with Gasteiger partial charge < -0.3 is 9.84 Å². The maximum absolute atomic E-state index is 12.8. The van der Waals surface area contributed by atoms with Crippen LogP contribution in [0.3, 0.4) is 0 Å². The van der Waals surface area contributed by atoms with Gasteiger partial charge in [0.25, 0.3) is 0 Å². The molecule has 0 fully saturated rings. The molecule has 0 aliphatic heterocycles. The molecule has 0 saturated carbocycles. The zero-order valence-corrected chi connectivity index (χ0v) is 6.67. The quantitative estimate of drug-likeness (QED) is 0.767. The number of ether oxygens (including phenoxy) is 1. The average molecular weight is 188 g/mol. The van der Waals surface area contributed by atoms with Crippen LogP contribution in [0.2, 0.25) is 0 Å². The fourth-order valence-electron chi connectivity index (χ4n) is 0.836. The van der Waals surface area contributed by atoms with E-state index in [4.69, 9.17) is 5.11 Å². The molecule has 0 bridgehead atoms. The Morgan fingerprint density at radius 2 is 2.08 bits per heavy atom. The third-order valence-electron chi connectivity index (χ3n) is 1.46. The molecule has 1 N–H and O–H groups in total. The number of hydrogen-bond acceptors (Lipinski definition) is 2. The maximum atomic E-state index is 12.8. The SMILES string of the molecule is COc1cc(C(=O)O)cc(F)c1F. The summed E-state index contributed by atoms with van der Waals surface area (Å²) in [6, 6.07) is 1.51. The van der Waals surface area contributed by atoms with Crippen molar-refractivity contribution in [3.63, 3.8) is 0 Å². The van der Waals surface area contributed by atoms with Crippen molar-refractivity contribution in [2.75, 3.05) is 7.11 Å². The Morgan fingerprint density at radius 3 is 2.54 bits per heavy atom. The second kappa shape index (κ2) is 3.38. The molecule has 0 amide bonds. The first kappa shape index (κ1) is 9.44. The van der Waals surface area contributed by atoms with Crippen LogP contribution in [0.5, 0.6) is 5.75 Å². The number of carbonyl (C=O) groups is 1. The second-order valence-electron chi connectivity index (χ2n) is 2.28. The van der Waals surface area contributed by atoms with E-state index in [1.165, 1.54) is 0 Å². The second-order valence-corrected chi connectivity index (χ2v) is 2.28. The monoisotopic (exact) mass is 188 g/mol. The molecule has 0 radical (unpaired) electrons. The summed E-state index contributed by atoms with van der Waals surface area (Å²) in [6.45, 7) is 0. The van der Waals surface area contributed by atoms with Crippen molar-refractivity contribution in [2.24, 2.45) is 0 Å². The van der Waals surface area contributed by atoms with Crippen molar-refractivity contribution in [1.29, 1.82) is 0 Å². The zero-order valence-electron chi connectivity index (χ0n) is 6.67. The van der Waals surface area contributed by atoms with Crippen molar-refractivity contribution in [1.82, 2.24) is 0 Å². The van der Waals surface area contributed by atoms with Crippen LogP contribution in [0, 0.1) is 11.6 Å². The minimum absolute atomic E-state index is 0.351. The summed E-state index contributed by atoms with van der Waals surface area (Å²) in [5.74, 6) is -4.18. The normalized spacial score (nSPS) is 9.77. The Labute approximate surface area is 72.6 Å². The lowest BCUT2D eigenvalue weighted by Gasteiger charge is -2.03. The van der Waals surface area contributed by atoms with Gasteiger partial charge in [0, 0.05) is 0 Å². The third-order valence-corrected chi connectivity index (χ3v) is 1.46. The summed E-state index contributed by atoms with van der Waals surface area (Å²) < 4.78 is 29.9. The summed E-state index contributed by atoms with van der Waals surface area (Å²) >= 11 is 0. The molecule has 0 aliphatic carbocycles. The minimum atomic E-state index is -1.34. The molecule has 1 rings (SSSR count). The van der Waals surface area contributed by atoms with Gasteiger partial charge in [-0.15, -0.1) is 0 Å². The maximum Gasteiger partial charge on any atom is 0.335 e. The van der Waals surface area contributed by atoms with E-state index in [1.807, 2.05) is 0 Å². The summed E-state index contributed by atoms with van der Waals surface area (Å²) in [6.07, 6.45) is 0. The van der Waals surface area contributed by atoms with Gasteiger partial charge in [-0.3, -0.25) is 0 Å². The van der Waals surface area contributed by atoms with Gasteiger partial charge in [0.15, 0.2) is 11.6 Å². The number of rotatable bonds is 2. The first-order chi connectivity index (χ1) is 6.06. The number of carboxylic acids is 1. The van der Waals surface area contributed by atoms with Crippen LogP contribution in [0.4, 0.5) is 8.78 Å². The van der Waals surface area contributed by atoms with E-state index in [9.17, 15) is 13.6 Å². The van der Waals surface area contributed by atoms with Crippen LogP contribution >= 0.6 is 0 Å². The molecule has 5 heteroatoms. The van der Waals surface area contributed by atoms with Crippen LogP contribution in [-0.2, 0) is 0 Å². The smallest absolute Gasteiger partial charge is 0.335 e. The summed E-state index contributed by atoms with van der Waals surface area (Å²) in [5, 5.41) is 8.48. The first-order valence-electron chi connectivity index (χ1n) is 3.32. The minimum Gasteiger partial charge on any atom is -0.494 e. The van der Waals surface area contributed by atoms with Crippen LogP contribution in [0.1, 0.15) is 10.4 Å². The number of halogens is 2. The predicted molar refractivity (Wildman–Crippen MR) is 39.9 cm³/mol. The van der Waals surface area contributed by atoms with Gasteiger partial charge in [-0.25, -0.2) is 9.18 Å². The molecule has 1 aromatic rings. The third kappa shape index (κ3) is 1.74. The largest absolute Gasteiger partial charge is 0.494 e. The Morgan fingerprint density at radius 1 is 1.46 bits per heavy atom. The van der Waals surface area contributed by atoms with Gasteiger partial charge in [-0.05, 0) is 12.1 Å². The van der Waals surface area contributed by atoms with Gasteiger partial charge in [-0.1, -0.05) is 0 Å². The Kier molecular flexibility index (Phi) is 2.46. The fourth-order valence-corrected chi connectivity index (χ4v) is 0.836. The highest BCUT2D eigenvalue weighted by molar-refractivity contribution is 5.88. The van der Waals surface area contributed by atoms with E-state index in [0.29, 0.717) is 6.07 Å². The van der Waals surface area contributed by atoms with Gasteiger partial charge in [0.2, 0.25) is 5.82 Å². The Balaban J connectivity index is 3.30. The van der Waals surface area contributed by atoms with E-state index < -0.39 is 23.4 Å². The van der Waals surface area contributed by atoms with Crippen molar-refractivity contribution in [3.05, 3.63) is 29.3 Å². The van der Waals surface area contributed by atoms with E-state index in [2.05, 4.69) is 4.74 Å². The average Bonchev–Trinajstić information content (AvgIpc) is 2.09. The number of methoxy groups -OCH3 is 1. The van der Waals surface area contributed by atoms with Crippen molar-refractivity contribution in [3.8, 4) is 5.75 Å². The molecule has 0 spiro atoms. The van der Waals surface area contributed by atoms with Gasteiger partial charge in [-0.2, -0.15) is 4.39 Å². The Bertz CT molecular complexity index is 349. The molecule has 0 aromatic heterocycles. The van der Waals surface area contributed by atoms with E-state index in [0.717, 1.165) is 13.2 Å². The molecule has 0 heterocycles. The van der Waals surface area contributed by atoms with E-state index in [1.54, 1.807) is 0 Å². The molecular formula is C8H6F2O3. The first-order valence-corrected chi connectivity index (χ1v) is 3.32. The van der Waals surface area contributed by atoms with Gasteiger partial charge in [0.05, 0.1) is 12.7 Å². The molecule has 0 saturated heterocycles. The number of benzene rings is 1. The van der Waals surface area contributed by atoms with E-state index in [-0.39, 0.29) is 5.56 Å². The number of carboxylic acid groups (broad SMARTS) is 1. The lowest BCUT2D eigenvalue weighted by Crippen LogP contribution is -2.01. The molecule has 0 aliphatic rings. The Hall–Kier alpha value is -1.65. The van der Waals surface area contributed by atoms with Crippen LogP contribution in [0.25, 0.3) is 0 Å². The summed E-state index contributed by atoms with van der Waals surface area (Å²) in [5.41, 5.74) is -0.351. The molecular weight excluding hydrogens is 182 g/mol. The van der Waals surface area contributed by atoms with E-state index >= 15 is 0 Å². The van der Waals surface area contributed by atoms with Crippen molar-refractivity contribution >= 4 is 5.97 Å². The summed E-state index contributed by atoms with van der Waals surface area (Å²) in [4.78, 5) is 10.4. The highest BCUT2D eigenvalue weighted by Gasteiger charge is 2.14.